The van der Waals surface area contributed by atoms with Crippen molar-refractivity contribution in [2.24, 2.45) is 0 Å². The van der Waals surface area contributed by atoms with Gasteiger partial charge in [-0.3, -0.25) is 0 Å². The summed E-state index contributed by atoms with van der Waals surface area (Å²) < 4.78 is 23.0. The quantitative estimate of drug-likeness (QED) is 0.383. The van der Waals surface area contributed by atoms with Crippen LogP contribution in [-0.4, -0.2) is 80.9 Å². The fourth-order valence-electron chi connectivity index (χ4n) is 6.32. The van der Waals surface area contributed by atoms with Gasteiger partial charge in [0.05, 0.1) is 18.4 Å². The summed E-state index contributed by atoms with van der Waals surface area (Å²) in [5, 5.41) is 15.4. The average Bonchev–Trinajstić information content (AvgIpc) is 3.62. The smallest absolute Gasteiger partial charge is 0.247 e. The molecule has 4 aromatic rings. The van der Waals surface area contributed by atoms with E-state index in [9.17, 15) is 9.50 Å². The number of likely N-dealkylation sites (N-methyl/N-ethyl adjacent to an activating group) is 1. The van der Waals surface area contributed by atoms with Crippen LogP contribution in [0.1, 0.15) is 30.4 Å². The number of piperazine rings is 1. The lowest BCUT2D eigenvalue weighted by molar-refractivity contribution is 0.202. The van der Waals surface area contributed by atoms with Crippen molar-refractivity contribution in [3.63, 3.8) is 0 Å². The normalized spacial score (nSPS) is 23.1. The largest absolute Gasteiger partial charge is 0.508 e. The Bertz CT molecular complexity index is 1620. The molecule has 0 radical (unpaired) electrons. The summed E-state index contributed by atoms with van der Waals surface area (Å²) in [6.07, 6.45) is 10.7. The molecule has 3 saturated heterocycles. The first kappa shape index (κ1) is 24.1. The Balaban J connectivity index is 1.33. The number of phenolic OH excluding ortho intramolecular Hbond substituents is 1. The second kappa shape index (κ2) is 9.36. The number of nitrogens with zero attached hydrogens (tertiary/aromatic N) is 6. The van der Waals surface area contributed by atoms with Crippen LogP contribution in [0.3, 0.4) is 0 Å². The van der Waals surface area contributed by atoms with Gasteiger partial charge in [-0.25, -0.2) is 9.37 Å². The van der Waals surface area contributed by atoms with Crippen LogP contribution in [-0.2, 0) is 6.54 Å². The predicted octanol–water partition coefficient (Wildman–Crippen LogP) is 2.88. The number of phenols is 1. The number of benzene rings is 2. The second-order valence-electron chi connectivity index (χ2n) is 11.0. The molecule has 7 rings (SSSR count). The maximum Gasteiger partial charge on any atom is 0.247 e. The van der Waals surface area contributed by atoms with Crippen molar-refractivity contribution >= 4 is 27.9 Å². The van der Waals surface area contributed by atoms with Gasteiger partial charge in [0.25, 0.3) is 0 Å². The molecule has 2 aromatic carbocycles. The van der Waals surface area contributed by atoms with Crippen molar-refractivity contribution in [2.75, 3.05) is 38.1 Å². The third kappa shape index (κ3) is 4.32. The van der Waals surface area contributed by atoms with E-state index in [1.807, 2.05) is 4.57 Å². The Hall–Kier alpha value is -3.94. The number of nitrogens with one attached hydrogen (secondary N) is 1. The first-order valence-corrected chi connectivity index (χ1v) is 13.4. The van der Waals surface area contributed by atoms with Gasteiger partial charge in [-0.05, 0) is 55.5 Å². The lowest BCUT2D eigenvalue weighted by Crippen LogP contribution is -2.51. The van der Waals surface area contributed by atoms with Crippen molar-refractivity contribution in [1.82, 2.24) is 29.7 Å². The van der Waals surface area contributed by atoms with Crippen LogP contribution < -0.4 is 15.0 Å². The minimum atomic E-state index is -0.470. The topological polar surface area (TPSA) is 91.6 Å². The van der Waals surface area contributed by atoms with Gasteiger partial charge in [0.15, 0.2) is 11.2 Å². The lowest BCUT2D eigenvalue weighted by Gasteiger charge is -2.33. The molecule has 3 aliphatic rings. The zero-order valence-corrected chi connectivity index (χ0v) is 21.8. The fourth-order valence-corrected chi connectivity index (χ4v) is 6.32. The minimum Gasteiger partial charge on any atom is -0.508 e. The fraction of sp³-hybridized carbons (Fsp3) is 0.414. The number of hydrogen-bond acceptors (Lipinski definition) is 8. The highest BCUT2D eigenvalue weighted by Gasteiger charge is 2.34. The molecule has 10 heteroatoms. The van der Waals surface area contributed by atoms with E-state index in [0.29, 0.717) is 51.4 Å². The molecule has 5 heterocycles. The Labute approximate surface area is 225 Å². The number of imidazole rings is 1. The van der Waals surface area contributed by atoms with Gasteiger partial charge in [0.2, 0.25) is 11.8 Å². The summed E-state index contributed by atoms with van der Waals surface area (Å²) in [6.45, 7) is 3.76. The van der Waals surface area contributed by atoms with E-state index in [-0.39, 0.29) is 24.0 Å². The summed E-state index contributed by atoms with van der Waals surface area (Å²) in [7, 11) is 2.09. The van der Waals surface area contributed by atoms with E-state index >= 15 is 0 Å². The Morgan fingerprint density at radius 3 is 2.72 bits per heavy atom. The SMILES string of the molecule is C#Cc1c(F)ccc2cc(O)cc(Cn3cnc4c(OC5CCN(C)C5)nc(N5CC6CCC(C5)N6)nc43)c12. The van der Waals surface area contributed by atoms with E-state index in [1.165, 1.54) is 6.07 Å². The number of hydrogen-bond donors (Lipinski definition) is 2. The summed E-state index contributed by atoms with van der Waals surface area (Å²) in [5.74, 6) is 3.21. The van der Waals surface area contributed by atoms with Crippen molar-refractivity contribution in [3.8, 4) is 24.0 Å². The summed E-state index contributed by atoms with van der Waals surface area (Å²) in [4.78, 5) is 19.0. The minimum absolute atomic E-state index is 0.0291. The van der Waals surface area contributed by atoms with Crippen LogP contribution >= 0.6 is 0 Å². The molecule has 0 saturated carbocycles. The van der Waals surface area contributed by atoms with Crippen LogP contribution in [0.5, 0.6) is 11.6 Å². The molecule has 3 atom stereocenters. The van der Waals surface area contributed by atoms with E-state index in [0.717, 1.165) is 45.4 Å². The first-order chi connectivity index (χ1) is 18.9. The van der Waals surface area contributed by atoms with Crippen LogP contribution in [0.25, 0.3) is 21.9 Å². The number of fused-ring (bicyclic) bond motifs is 4. The van der Waals surface area contributed by atoms with Crippen molar-refractivity contribution in [2.45, 2.75) is 44.0 Å². The number of halogens is 1. The van der Waals surface area contributed by atoms with Gasteiger partial charge in [-0.2, -0.15) is 9.97 Å². The van der Waals surface area contributed by atoms with Crippen molar-refractivity contribution in [1.29, 1.82) is 0 Å². The third-order valence-corrected chi connectivity index (χ3v) is 8.16. The van der Waals surface area contributed by atoms with Crippen LogP contribution in [0.4, 0.5) is 10.3 Å². The number of rotatable bonds is 5. The van der Waals surface area contributed by atoms with E-state index in [4.69, 9.17) is 21.1 Å². The van der Waals surface area contributed by atoms with Gasteiger partial charge in [0.1, 0.15) is 17.7 Å². The van der Waals surface area contributed by atoms with Gasteiger partial charge in [-0.1, -0.05) is 12.0 Å². The van der Waals surface area contributed by atoms with Gasteiger partial charge in [-0.15, -0.1) is 6.42 Å². The Morgan fingerprint density at radius 1 is 1.15 bits per heavy atom. The predicted molar refractivity (Wildman–Crippen MR) is 147 cm³/mol. The maximum absolute atomic E-state index is 14.7. The molecule has 2 aromatic heterocycles. The summed E-state index contributed by atoms with van der Waals surface area (Å²) in [6, 6.07) is 7.03. The molecular weight excluding hydrogens is 497 g/mol. The standard InChI is InChI=1S/C29H30FN7O2/c1-3-23-24(30)7-4-17-10-21(38)11-18(25(17)23)12-37-16-31-26-27(37)33-29(36-13-19-5-6-20(14-36)32-19)34-28(26)39-22-8-9-35(2)15-22/h1,4,7,10-11,16,19-20,22,32,38H,5-6,8-9,12-15H2,2H3. The Kier molecular flexibility index (Phi) is 5.79. The monoisotopic (exact) mass is 527 g/mol. The highest BCUT2D eigenvalue weighted by molar-refractivity contribution is 5.92. The molecule has 3 unspecified atom stereocenters. The second-order valence-corrected chi connectivity index (χ2v) is 11.0. The molecule has 0 aliphatic carbocycles. The van der Waals surface area contributed by atoms with Crippen molar-refractivity contribution in [3.05, 3.63) is 47.5 Å². The van der Waals surface area contributed by atoms with E-state index < -0.39 is 5.82 Å². The third-order valence-electron chi connectivity index (χ3n) is 8.16. The average molecular weight is 528 g/mol. The molecule has 9 nitrogen and oxygen atoms in total. The lowest BCUT2D eigenvalue weighted by atomic mass is 9.98. The van der Waals surface area contributed by atoms with Crippen LogP contribution in [0.15, 0.2) is 30.6 Å². The maximum atomic E-state index is 14.7. The molecule has 0 amide bonds. The zero-order chi connectivity index (χ0) is 26.7. The van der Waals surface area contributed by atoms with Gasteiger partial charge in [0, 0.05) is 43.6 Å². The van der Waals surface area contributed by atoms with E-state index in [2.05, 4.69) is 33.1 Å². The molecule has 3 fully saturated rings. The van der Waals surface area contributed by atoms with Gasteiger partial charge < -0.3 is 29.5 Å². The van der Waals surface area contributed by atoms with E-state index in [1.54, 1.807) is 24.5 Å². The molecule has 3 aliphatic heterocycles. The Morgan fingerprint density at radius 2 is 1.97 bits per heavy atom. The summed E-state index contributed by atoms with van der Waals surface area (Å²) >= 11 is 0. The molecule has 0 spiro atoms. The molecule has 200 valence electrons. The number of likely N-dealkylation sites (tertiary alicyclic amines) is 1. The number of aromatic nitrogens is 4. The van der Waals surface area contributed by atoms with Gasteiger partial charge >= 0.3 is 0 Å². The zero-order valence-electron chi connectivity index (χ0n) is 21.8. The number of anilines is 1. The number of aromatic hydroxyl groups is 1. The summed E-state index contributed by atoms with van der Waals surface area (Å²) in [5.41, 5.74) is 2.06. The molecular formula is C29H30FN7O2. The van der Waals surface area contributed by atoms with Crippen LogP contribution in [0.2, 0.25) is 0 Å². The molecule has 2 bridgehead atoms. The highest BCUT2D eigenvalue weighted by atomic mass is 19.1. The van der Waals surface area contributed by atoms with Crippen LogP contribution in [0, 0.1) is 18.2 Å². The number of terminal acetylenes is 1. The first-order valence-electron chi connectivity index (χ1n) is 13.4. The molecule has 39 heavy (non-hydrogen) atoms. The number of ether oxygens (including phenoxy) is 1. The highest BCUT2D eigenvalue weighted by Crippen LogP contribution is 2.33. The van der Waals surface area contributed by atoms with Crippen molar-refractivity contribution < 1.29 is 14.2 Å². The molecule has 2 N–H and O–H groups in total.